The van der Waals surface area contributed by atoms with Gasteiger partial charge >= 0.3 is 0 Å². The van der Waals surface area contributed by atoms with Gasteiger partial charge in [-0.2, -0.15) is 0 Å². The Kier molecular flexibility index (Phi) is 7.36. The number of rotatable bonds is 7. The molecule has 1 heterocycles. The fourth-order valence-corrected chi connectivity index (χ4v) is 1.70. The van der Waals surface area contributed by atoms with E-state index in [0.29, 0.717) is 45.8 Å². The van der Waals surface area contributed by atoms with Crippen molar-refractivity contribution in [1.29, 1.82) is 0 Å². The molecule has 1 aliphatic rings. The van der Waals surface area contributed by atoms with Gasteiger partial charge in [0.1, 0.15) is 0 Å². The topological polar surface area (TPSA) is 70.7 Å². The molecule has 0 radical (unpaired) electrons. The summed E-state index contributed by atoms with van der Waals surface area (Å²) in [6, 6.07) is 0. The lowest BCUT2D eigenvalue weighted by molar-refractivity contribution is -0.135. The fraction of sp³-hybridized carbons (Fsp3) is 0.833. The van der Waals surface area contributed by atoms with Gasteiger partial charge in [-0.15, -0.1) is 0 Å². The lowest BCUT2D eigenvalue weighted by atomic mass is 10.3. The Morgan fingerprint density at radius 2 is 1.94 bits per heavy atom. The van der Waals surface area contributed by atoms with Crippen molar-refractivity contribution in [1.82, 2.24) is 15.5 Å². The maximum absolute atomic E-state index is 11.7. The number of hydrogen-bond acceptors (Lipinski definition) is 4. The van der Waals surface area contributed by atoms with Gasteiger partial charge < -0.3 is 20.3 Å². The van der Waals surface area contributed by atoms with Gasteiger partial charge in [-0.3, -0.25) is 9.59 Å². The third-order valence-corrected chi connectivity index (χ3v) is 2.74. The molecule has 0 aliphatic carbocycles. The quantitative estimate of drug-likeness (QED) is 0.595. The molecule has 0 unspecified atom stereocenters. The average Bonchev–Trinajstić information content (AvgIpc) is 2.42. The van der Waals surface area contributed by atoms with Crippen LogP contribution in [0.4, 0.5) is 0 Å². The molecule has 2 N–H and O–H groups in total. The van der Waals surface area contributed by atoms with Crippen molar-refractivity contribution in [3.63, 3.8) is 0 Å². The smallest absolute Gasteiger partial charge is 0.233 e. The highest BCUT2D eigenvalue weighted by atomic mass is 16.5. The first kappa shape index (κ1) is 14.9. The van der Waals surface area contributed by atoms with Crippen molar-refractivity contribution < 1.29 is 14.3 Å². The Labute approximate surface area is 108 Å². The highest BCUT2D eigenvalue weighted by Gasteiger charge is 2.15. The summed E-state index contributed by atoms with van der Waals surface area (Å²) in [5.74, 6) is 0.107. The van der Waals surface area contributed by atoms with Crippen LogP contribution in [0.5, 0.6) is 0 Å². The minimum Gasteiger partial charge on any atom is -0.378 e. The van der Waals surface area contributed by atoms with Crippen molar-refractivity contribution in [2.45, 2.75) is 19.8 Å². The molecule has 0 aromatic rings. The van der Waals surface area contributed by atoms with E-state index in [2.05, 4.69) is 10.6 Å². The second-order valence-corrected chi connectivity index (χ2v) is 4.27. The molecule has 104 valence electrons. The van der Waals surface area contributed by atoms with E-state index in [1.54, 1.807) is 0 Å². The van der Waals surface area contributed by atoms with Gasteiger partial charge in [0.2, 0.25) is 11.8 Å². The van der Waals surface area contributed by atoms with Crippen LogP contribution in [-0.2, 0) is 14.3 Å². The van der Waals surface area contributed by atoms with Crippen molar-refractivity contribution in [2.75, 3.05) is 45.9 Å². The summed E-state index contributed by atoms with van der Waals surface area (Å²) < 4.78 is 5.18. The second kappa shape index (κ2) is 8.88. The van der Waals surface area contributed by atoms with Gasteiger partial charge in [0.25, 0.3) is 0 Å². The number of carbonyl (C=O) groups is 2. The molecule has 1 fully saturated rings. The summed E-state index contributed by atoms with van der Waals surface area (Å²) in [5.41, 5.74) is 0. The Balaban J connectivity index is 2.02. The monoisotopic (exact) mass is 257 g/mol. The molecular formula is C12H23N3O3. The van der Waals surface area contributed by atoms with E-state index in [1.807, 2.05) is 11.8 Å². The summed E-state index contributed by atoms with van der Waals surface area (Å²) >= 11 is 0. The Morgan fingerprint density at radius 1 is 1.22 bits per heavy atom. The summed E-state index contributed by atoms with van der Waals surface area (Å²) in [7, 11) is 0. The SMILES string of the molecule is CCCNC(=O)CNCCC(=O)N1CCOCC1. The molecule has 6 nitrogen and oxygen atoms in total. The molecule has 2 amide bonds. The van der Waals surface area contributed by atoms with Crippen LogP contribution >= 0.6 is 0 Å². The average molecular weight is 257 g/mol. The highest BCUT2D eigenvalue weighted by molar-refractivity contribution is 5.78. The molecule has 1 rings (SSSR count). The van der Waals surface area contributed by atoms with Crippen LogP contribution in [0.3, 0.4) is 0 Å². The minimum atomic E-state index is -0.0179. The van der Waals surface area contributed by atoms with Crippen LogP contribution in [0.2, 0.25) is 0 Å². The summed E-state index contributed by atoms with van der Waals surface area (Å²) in [5, 5.41) is 5.74. The van der Waals surface area contributed by atoms with Gasteiger partial charge in [0.15, 0.2) is 0 Å². The van der Waals surface area contributed by atoms with Crippen molar-refractivity contribution in [3.05, 3.63) is 0 Å². The summed E-state index contributed by atoms with van der Waals surface area (Å²) in [6.45, 7) is 6.12. The standard InChI is InChI=1S/C12H23N3O3/c1-2-4-14-11(16)10-13-5-3-12(17)15-6-8-18-9-7-15/h13H,2-10H2,1H3,(H,14,16). The maximum atomic E-state index is 11.7. The van der Waals surface area contributed by atoms with Crippen LogP contribution in [0.25, 0.3) is 0 Å². The largest absolute Gasteiger partial charge is 0.378 e. The summed E-state index contributed by atoms with van der Waals surface area (Å²) in [4.78, 5) is 24.8. The molecule has 1 aliphatic heterocycles. The first-order valence-electron chi connectivity index (χ1n) is 6.57. The second-order valence-electron chi connectivity index (χ2n) is 4.27. The number of nitrogens with one attached hydrogen (secondary N) is 2. The number of morpholine rings is 1. The first-order chi connectivity index (χ1) is 8.74. The number of amides is 2. The van der Waals surface area contributed by atoms with Crippen molar-refractivity contribution >= 4 is 11.8 Å². The van der Waals surface area contributed by atoms with Crippen LogP contribution in [0.1, 0.15) is 19.8 Å². The highest BCUT2D eigenvalue weighted by Crippen LogP contribution is 1.99. The van der Waals surface area contributed by atoms with E-state index in [0.717, 1.165) is 6.42 Å². The van der Waals surface area contributed by atoms with Gasteiger partial charge in [0, 0.05) is 32.6 Å². The molecule has 0 aromatic carbocycles. The Bertz CT molecular complexity index is 265. The minimum absolute atomic E-state index is 0.0179. The number of hydrogen-bond donors (Lipinski definition) is 2. The first-order valence-corrected chi connectivity index (χ1v) is 6.57. The molecule has 0 aromatic heterocycles. The Morgan fingerprint density at radius 3 is 2.61 bits per heavy atom. The van der Waals surface area contributed by atoms with Gasteiger partial charge in [0.05, 0.1) is 19.8 Å². The van der Waals surface area contributed by atoms with Gasteiger partial charge in [-0.05, 0) is 6.42 Å². The van der Waals surface area contributed by atoms with E-state index in [4.69, 9.17) is 4.74 Å². The van der Waals surface area contributed by atoms with Crippen molar-refractivity contribution in [2.24, 2.45) is 0 Å². The molecule has 0 spiro atoms. The lowest BCUT2D eigenvalue weighted by Gasteiger charge is -2.26. The third-order valence-electron chi connectivity index (χ3n) is 2.74. The molecule has 6 heteroatoms. The summed E-state index contributed by atoms with van der Waals surface area (Å²) in [6.07, 6.45) is 1.36. The number of carbonyl (C=O) groups excluding carboxylic acids is 2. The van der Waals surface area contributed by atoms with Crippen LogP contribution in [0, 0.1) is 0 Å². The zero-order chi connectivity index (χ0) is 13.2. The zero-order valence-corrected chi connectivity index (χ0v) is 11.0. The number of nitrogens with zero attached hydrogens (tertiary/aromatic N) is 1. The lowest BCUT2D eigenvalue weighted by Crippen LogP contribution is -2.42. The molecule has 0 bridgehead atoms. The molecule has 1 saturated heterocycles. The Hall–Kier alpha value is -1.14. The van der Waals surface area contributed by atoms with Gasteiger partial charge in [-0.1, -0.05) is 6.92 Å². The predicted octanol–water partition coefficient (Wildman–Crippen LogP) is -0.649. The van der Waals surface area contributed by atoms with E-state index in [9.17, 15) is 9.59 Å². The van der Waals surface area contributed by atoms with E-state index in [1.165, 1.54) is 0 Å². The van der Waals surface area contributed by atoms with Crippen LogP contribution in [-0.4, -0.2) is 62.7 Å². The normalized spacial score (nSPS) is 15.5. The van der Waals surface area contributed by atoms with E-state index >= 15 is 0 Å². The number of ether oxygens (including phenoxy) is 1. The fourth-order valence-electron chi connectivity index (χ4n) is 1.70. The van der Waals surface area contributed by atoms with Crippen molar-refractivity contribution in [3.8, 4) is 0 Å². The van der Waals surface area contributed by atoms with Gasteiger partial charge in [-0.25, -0.2) is 0 Å². The van der Waals surface area contributed by atoms with E-state index in [-0.39, 0.29) is 18.4 Å². The molecule has 0 atom stereocenters. The molecule has 18 heavy (non-hydrogen) atoms. The molecular weight excluding hydrogens is 234 g/mol. The third kappa shape index (κ3) is 5.97. The predicted molar refractivity (Wildman–Crippen MR) is 68.2 cm³/mol. The zero-order valence-electron chi connectivity index (χ0n) is 11.0. The molecule has 0 saturated carbocycles. The van der Waals surface area contributed by atoms with Crippen LogP contribution < -0.4 is 10.6 Å². The van der Waals surface area contributed by atoms with Crippen LogP contribution in [0.15, 0.2) is 0 Å². The van der Waals surface area contributed by atoms with E-state index < -0.39 is 0 Å². The maximum Gasteiger partial charge on any atom is 0.233 e.